The van der Waals surface area contributed by atoms with E-state index < -0.39 is 0 Å². The summed E-state index contributed by atoms with van der Waals surface area (Å²) >= 11 is 0. The van der Waals surface area contributed by atoms with Crippen molar-refractivity contribution >= 4 is 5.96 Å². The molecule has 0 spiro atoms. The van der Waals surface area contributed by atoms with Crippen LogP contribution < -0.4 is 10.6 Å². The highest BCUT2D eigenvalue weighted by molar-refractivity contribution is 5.80. The molecule has 3 aliphatic rings. The number of nitrogens with zero attached hydrogens (tertiary/aromatic N) is 5. The monoisotopic (exact) mass is 429 g/mol. The van der Waals surface area contributed by atoms with Crippen LogP contribution in [0.15, 0.2) is 4.99 Å². The first-order chi connectivity index (χ1) is 15.3. The van der Waals surface area contributed by atoms with Gasteiger partial charge in [0.2, 0.25) is 0 Å². The van der Waals surface area contributed by atoms with Gasteiger partial charge in [-0.3, -0.25) is 9.89 Å². The summed E-state index contributed by atoms with van der Waals surface area (Å²) in [5, 5.41) is 16.1. The fraction of sp³-hybridized carbons (Fsp3) is 0.875. The van der Waals surface area contributed by atoms with Gasteiger partial charge in [0.15, 0.2) is 5.96 Å². The van der Waals surface area contributed by atoms with Gasteiger partial charge in [0, 0.05) is 51.1 Å². The molecule has 174 valence electrons. The van der Waals surface area contributed by atoms with E-state index in [2.05, 4.69) is 37.2 Å². The zero-order valence-electron chi connectivity index (χ0n) is 19.6. The number of guanidine groups is 1. The van der Waals surface area contributed by atoms with Gasteiger partial charge in [-0.25, -0.2) is 0 Å². The number of aromatic nitrogens is 3. The molecule has 7 nitrogen and oxygen atoms in total. The van der Waals surface area contributed by atoms with Crippen LogP contribution >= 0.6 is 0 Å². The number of piperidine rings is 1. The maximum Gasteiger partial charge on any atom is 0.191 e. The van der Waals surface area contributed by atoms with Crippen molar-refractivity contribution in [2.45, 2.75) is 109 Å². The van der Waals surface area contributed by atoms with Crippen molar-refractivity contribution < 1.29 is 0 Å². The summed E-state index contributed by atoms with van der Waals surface area (Å²) in [5.41, 5.74) is 0. The minimum Gasteiger partial charge on any atom is -0.357 e. The lowest BCUT2D eigenvalue weighted by Crippen LogP contribution is -2.53. The summed E-state index contributed by atoms with van der Waals surface area (Å²) in [7, 11) is 0. The minimum absolute atomic E-state index is 0.515. The van der Waals surface area contributed by atoms with E-state index in [-0.39, 0.29) is 0 Å². The van der Waals surface area contributed by atoms with E-state index in [1.807, 2.05) is 0 Å². The van der Waals surface area contributed by atoms with E-state index in [1.54, 1.807) is 0 Å². The molecule has 1 unspecified atom stereocenters. The Labute approximate surface area is 188 Å². The molecule has 2 fully saturated rings. The Morgan fingerprint density at radius 2 is 1.87 bits per heavy atom. The number of rotatable bonds is 7. The second kappa shape index (κ2) is 11.8. The Hall–Kier alpha value is -1.63. The van der Waals surface area contributed by atoms with Crippen LogP contribution in [0.1, 0.15) is 89.2 Å². The second-order valence-corrected chi connectivity index (χ2v) is 9.63. The quantitative estimate of drug-likeness (QED) is 0.395. The fourth-order valence-corrected chi connectivity index (χ4v) is 5.57. The van der Waals surface area contributed by atoms with Gasteiger partial charge in [0.1, 0.15) is 11.6 Å². The molecule has 0 amide bonds. The summed E-state index contributed by atoms with van der Waals surface area (Å²) in [4.78, 5) is 7.64. The maximum absolute atomic E-state index is 4.89. The van der Waals surface area contributed by atoms with Crippen LogP contribution in [0.2, 0.25) is 0 Å². The van der Waals surface area contributed by atoms with Gasteiger partial charge in [-0.1, -0.05) is 25.7 Å². The molecule has 1 aromatic rings. The van der Waals surface area contributed by atoms with Gasteiger partial charge in [0.25, 0.3) is 0 Å². The topological polar surface area (TPSA) is 70.4 Å². The van der Waals surface area contributed by atoms with Crippen LogP contribution in [0.5, 0.6) is 0 Å². The van der Waals surface area contributed by atoms with Crippen molar-refractivity contribution in [1.29, 1.82) is 0 Å². The molecule has 3 heterocycles. The van der Waals surface area contributed by atoms with E-state index >= 15 is 0 Å². The average molecular weight is 430 g/mol. The molecular weight excluding hydrogens is 386 g/mol. The summed E-state index contributed by atoms with van der Waals surface area (Å²) in [5.74, 6) is 3.32. The number of aliphatic imine (C=N–C) groups is 1. The number of nitrogens with one attached hydrogen (secondary N) is 2. The van der Waals surface area contributed by atoms with Crippen molar-refractivity contribution in [3.8, 4) is 0 Å². The zero-order valence-corrected chi connectivity index (χ0v) is 19.6. The standard InChI is InChI=1S/C24H43N7/c1-2-25-24(27-20-11-10-17-30(19-20)21-12-5-3-6-13-21)26-16-9-15-23-29-28-22-14-7-4-8-18-31(22)23/h20-21H,2-19H2,1H3,(H2,25,26,27). The summed E-state index contributed by atoms with van der Waals surface area (Å²) < 4.78 is 2.36. The summed E-state index contributed by atoms with van der Waals surface area (Å²) in [6.45, 7) is 7.42. The molecule has 31 heavy (non-hydrogen) atoms. The fourth-order valence-electron chi connectivity index (χ4n) is 5.57. The molecule has 1 atom stereocenters. The first kappa shape index (κ1) is 22.6. The SMILES string of the molecule is CCNC(=NCCCc1nnc2n1CCCCC2)NC1CCCN(C2CCCCC2)C1. The van der Waals surface area contributed by atoms with Gasteiger partial charge in [-0.15, -0.1) is 10.2 Å². The highest BCUT2D eigenvalue weighted by Crippen LogP contribution is 2.25. The normalized spacial score (nSPS) is 23.9. The molecule has 2 N–H and O–H groups in total. The zero-order chi connectivity index (χ0) is 21.3. The Balaban J connectivity index is 1.26. The molecule has 0 aromatic carbocycles. The van der Waals surface area contributed by atoms with Gasteiger partial charge in [-0.2, -0.15) is 0 Å². The van der Waals surface area contributed by atoms with E-state index in [1.165, 1.54) is 83.1 Å². The highest BCUT2D eigenvalue weighted by atomic mass is 15.3. The van der Waals surface area contributed by atoms with Gasteiger partial charge in [0.05, 0.1) is 0 Å². The van der Waals surface area contributed by atoms with Crippen LogP contribution in [0.4, 0.5) is 0 Å². The third-order valence-electron chi connectivity index (χ3n) is 7.24. The number of fused-ring (bicyclic) bond motifs is 1. The van der Waals surface area contributed by atoms with Gasteiger partial charge in [-0.05, 0) is 58.4 Å². The summed E-state index contributed by atoms with van der Waals surface area (Å²) in [6, 6.07) is 1.33. The van der Waals surface area contributed by atoms with E-state index in [0.717, 1.165) is 56.7 Å². The van der Waals surface area contributed by atoms with Crippen LogP contribution in [0, 0.1) is 0 Å². The Bertz CT molecular complexity index is 692. The predicted molar refractivity (Wildman–Crippen MR) is 126 cm³/mol. The van der Waals surface area contributed by atoms with Gasteiger partial charge >= 0.3 is 0 Å². The molecule has 2 aliphatic heterocycles. The van der Waals surface area contributed by atoms with Gasteiger partial charge < -0.3 is 15.2 Å². The number of likely N-dealkylation sites (tertiary alicyclic amines) is 1. The van der Waals surface area contributed by atoms with Crippen molar-refractivity contribution in [2.24, 2.45) is 4.99 Å². The molecule has 1 aromatic heterocycles. The average Bonchev–Trinajstić information content (AvgIpc) is 3.03. The van der Waals surface area contributed by atoms with Crippen LogP contribution in [-0.2, 0) is 19.4 Å². The number of hydrogen-bond acceptors (Lipinski definition) is 4. The maximum atomic E-state index is 4.89. The molecule has 0 bridgehead atoms. The second-order valence-electron chi connectivity index (χ2n) is 9.63. The van der Waals surface area contributed by atoms with Crippen molar-refractivity contribution in [3.05, 3.63) is 11.6 Å². The van der Waals surface area contributed by atoms with Crippen molar-refractivity contribution in [3.63, 3.8) is 0 Å². The number of aryl methyl sites for hydroxylation is 2. The van der Waals surface area contributed by atoms with E-state index in [9.17, 15) is 0 Å². The largest absolute Gasteiger partial charge is 0.357 e. The van der Waals surface area contributed by atoms with Crippen molar-refractivity contribution in [1.82, 2.24) is 30.3 Å². The first-order valence-corrected chi connectivity index (χ1v) is 13.0. The minimum atomic E-state index is 0.515. The molecule has 7 heteroatoms. The lowest BCUT2D eigenvalue weighted by atomic mass is 9.92. The van der Waals surface area contributed by atoms with E-state index in [4.69, 9.17) is 4.99 Å². The van der Waals surface area contributed by atoms with Crippen LogP contribution in [0.3, 0.4) is 0 Å². The third-order valence-corrected chi connectivity index (χ3v) is 7.24. The summed E-state index contributed by atoms with van der Waals surface area (Å²) in [6.07, 6.45) is 16.5. The smallest absolute Gasteiger partial charge is 0.191 e. The highest BCUT2D eigenvalue weighted by Gasteiger charge is 2.27. The molecule has 4 rings (SSSR count). The third kappa shape index (κ3) is 6.43. The number of hydrogen-bond donors (Lipinski definition) is 2. The van der Waals surface area contributed by atoms with Crippen LogP contribution in [0.25, 0.3) is 0 Å². The molecule has 1 saturated heterocycles. The Morgan fingerprint density at radius 3 is 2.74 bits per heavy atom. The lowest BCUT2D eigenvalue weighted by molar-refractivity contribution is 0.115. The molecule has 0 radical (unpaired) electrons. The van der Waals surface area contributed by atoms with E-state index in [0.29, 0.717) is 6.04 Å². The molecule has 1 aliphatic carbocycles. The Morgan fingerprint density at radius 1 is 1.00 bits per heavy atom. The predicted octanol–water partition coefficient (Wildman–Crippen LogP) is 3.29. The van der Waals surface area contributed by atoms with Crippen molar-refractivity contribution in [2.75, 3.05) is 26.2 Å². The molecular formula is C24H43N7. The molecule has 1 saturated carbocycles. The van der Waals surface area contributed by atoms with Crippen LogP contribution in [-0.4, -0.2) is 63.9 Å². The Kier molecular flexibility index (Phi) is 8.62. The first-order valence-electron chi connectivity index (χ1n) is 13.0. The lowest BCUT2D eigenvalue weighted by Gasteiger charge is -2.40.